The van der Waals surface area contributed by atoms with E-state index in [1.165, 1.54) is 22.9 Å². The summed E-state index contributed by atoms with van der Waals surface area (Å²) in [6.45, 7) is 2.16. The zero-order chi connectivity index (χ0) is 10.1. The summed E-state index contributed by atoms with van der Waals surface area (Å²) < 4.78 is 23.0. The van der Waals surface area contributed by atoms with Crippen LogP contribution in [0.2, 0.25) is 0 Å². The van der Waals surface area contributed by atoms with Gasteiger partial charge in [0.1, 0.15) is 0 Å². The second-order valence-electron chi connectivity index (χ2n) is 2.53. The predicted octanol–water partition coefficient (Wildman–Crippen LogP) is -0.484. The topological polar surface area (TPSA) is 82.2 Å². The van der Waals surface area contributed by atoms with Gasteiger partial charge in [0.25, 0.3) is 5.56 Å². The van der Waals surface area contributed by atoms with Gasteiger partial charge in [-0.2, -0.15) is 0 Å². The van der Waals surface area contributed by atoms with E-state index in [0.29, 0.717) is 6.54 Å². The molecular formula is C7H10N2O3S. The molecule has 0 aliphatic heterocycles. The Kier molecular flexibility index (Phi) is 2.53. The maximum atomic E-state index is 11.1. The Morgan fingerprint density at radius 1 is 1.46 bits per heavy atom. The van der Waals surface area contributed by atoms with Gasteiger partial charge in [0.05, 0.1) is 4.90 Å². The Balaban J connectivity index is 3.39. The molecule has 1 aromatic heterocycles. The molecule has 13 heavy (non-hydrogen) atoms. The number of primary sulfonamides is 1. The number of aromatic nitrogens is 1. The van der Waals surface area contributed by atoms with Gasteiger partial charge in [-0.05, 0) is 13.0 Å². The lowest BCUT2D eigenvalue weighted by atomic mass is 10.5. The van der Waals surface area contributed by atoms with Crippen LogP contribution in [0, 0.1) is 0 Å². The maximum absolute atomic E-state index is 11.1. The van der Waals surface area contributed by atoms with E-state index in [4.69, 9.17) is 5.14 Å². The molecule has 0 spiro atoms. The van der Waals surface area contributed by atoms with Crippen molar-refractivity contribution >= 4 is 10.0 Å². The van der Waals surface area contributed by atoms with Gasteiger partial charge < -0.3 is 4.57 Å². The largest absolute Gasteiger partial charge is 0.314 e. The fourth-order valence-electron chi connectivity index (χ4n) is 0.925. The molecule has 0 radical (unpaired) electrons. The number of hydrogen-bond donors (Lipinski definition) is 1. The van der Waals surface area contributed by atoms with Crippen LogP contribution >= 0.6 is 0 Å². The normalized spacial score (nSPS) is 11.5. The van der Waals surface area contributed by atoms with Gasteiger partial charge >= 0.3 is 0 Å². The Morgan fingerprint density at radius 2 is 2.08 bits per heavy atom. The zero-order valence-corrected chi connectivity index (χ0v) is 7.91. The van der Waals surface area contributed by atoms with E-state index in [1.807, 2.05) is 0 Å². The monoisotopic (exact) mass is 202 g/mol. The first-order valence-corrected chi connectivity index (χ1v) is 5.23. The minimum Gasteiger partial charge on any atom is -0.314 e. The minimum atomic E-state index is -3.71. The highest BCUT2D eigenvalue weighted by atomic mass is 32.2. The highest BCUT2D eigenvalue weighted by molar-refractivity contribution is 7.89. The minimum absolute atomic E-state index is 0.0473. The molecule has 5 nitrogen and oxygen atoms in total. The SMILES string of the molecule is CCn1cc(S(N)(=O)=O)ccc1=O. The molecule has 0 bridgehead atoms. The van der Waals surface area contributed by atoms with Crippen LogP contribution in [0.1, 0.15) is 6.92 Å². The van der Waals surface area contributed by atoms with Gasteiger partial charge in [0.2, 0.25) is 10.0 Å². The van der Waals surface area contributed by atoms with Crippen molar-refractivity contribution in [3.63, 3.8) is 0 Å². The van der Waals surface area contributed by atoms with Crippen molar-refractivity contribution in [3.8, 4) is 0 Å². The van der Waals surface area contributed by atoms with Crippen LogP contribution in [-0.4, -0.2) is 13.0 Å². The molecule has 0 fully saturated rings. The van der Waals surface area contributed by atoms with Crippen LogP contribution < -0.4 is 10.7 Å². The van der Waals surface area contributed by atoms with Crippen molar-refractivity contribution in [2.24, 2.45) is 5.14 Å². The number of sulfonamides is 1. The highest BCUT2D eigenvalue weighted by Gasteiger charge is 2.08. The summed E-state index contributed by atoms with van der Waals surface area (Å²) in [7, 11) is -3.71. The van der Waals surface area contributed by atoms with E-state index < -0.39 is 10.0 Å². The van der Waals surface area contributed by atoms with Crippen LogP contribution in [0.15, 0.2) is 28.0 Å². The number of pyridine rings is 1. The fraction of sp³-hybridized carbons (Fsp3) is 0.286. The Labute approximate surface area is 75.9 Å². The molecule has 0 atom stereocenters. The lowest BCUT2D eigenvalue weighted by Gasteiger charge is -2.02. The molecule has 0 saturated heterocycles. The van der Waals surface area contributed by atoms with Crippen molar-refractivity contribution in [2.75, 3.05) is 0 Å². The average molecular weight is 202 g/mol. The predicted molar refractivity (Wildman–Crippen MR) is 47.7 cm³/mol. The standard InChI is InChI=1S/C7H10N2O3S/c1-2-9-5-6(13(8,11)12)3-4-7(9)10/h3-5H,2H2,1H3,(H2,8,11,12). The zero-order valence-electron chi connectivity index (χ0n) is 7.10. The molecule has 72 valence electrons. The average Bonchev–Trinajstić information content (AvgIpc) is 2.03. The van der Waals surface area contributed by atoms with E-state index in [2.05, 4.69) is 0 Å². The quantitative estimate of drug-likeness (QED) is 0.702. The second kappa shape index (κ2) is 3.31. The Hall–Kier alpha value is -1.14. The highest BCUT2D eigenvalue weighted by Crippen LogP contribution is 2.01. The molecule has 2 N–H and O–H groups in total. The van der Waals surface area contributed by atoms with Gasteiger partial charge in [0, 0.05) is 18.8 Å². The summed E-state index contributed by atoms with van der Waals surface area (Å²) in [5, 5.41) is 4.89. The number of aryl methyl sites for hydroxylation is 1. The van der Waals surface area contributed by atoms with Crippen LogP contribution in [0.25, 0.3) is 0 Å². The van der Waals surface area contributed by atoms with Gasteiger partial charge in [-0.15, -0.1) is 0 Å². The molecule has 0 aliphatic rings. The van der Waals surface area contributed by atoms with Crippen molar-refractivity contribution in [2.45, 2.75) is 18.4 Å². The van der Waals surface area contributed by atoms with Crippen molar-refractivity contribution < 1.29 is 8.42 Å². The maximum Gasteiger partial charge on any atom is 0.250 e. The van der Waals surface area contributed by atoms with Crippen molar-refractivity contribution in [1.82, 2.24) is 4.57 Å². The Bertz CT molecular complexity index is 461. The van der Waals surface area contributed by atoms with Crippen molar-refractivity contribution in [1.29, 1.82) is 0 Å². The fourth-order valence-corrected chi connectivity index (χ4v) is 1.46. The smallest absolute Gasteiger partial charge is 0.250 e. The molecule has 0 aliphatic carbocycles. The third-order valence-corrected chi connectivity index (χ3v) is 2.52. The number of nitrogens with two attached hydrogens (primary N) is 1. The molecule has 1 heterocycles. The molecule has 6 heteroatoms. The molecule has 0 saturated carbocycles. The van der Waals surface area contributed by atoms with E-state index >= 15 is 0 Å². The van der Waals surface area contributed by atoms with Crippen LogP contribution in [0.5, 0.6) is 0 Å². The van der Waals surface area contributed by atoms with E-state index in [9.17, 15) is 13.2 Å². The number of hydrogen-bond acceptors (Lipinski definition) is 3. The third kappa shape index (κ3) is 2.16. The summed E-state index contributed by atoms with van der Waals surface area (Å²) >= 11 is 0. The summed E-state index contributed by atoms with van der Waals surface area (Å²) in [4.78, 5) is 11.0. The van der Waals surface area contributed by atoms with Gasteiger partial charge in [-0.1, -0.05) is 0 Å². The molecule has 1 aromatic rings. The molecule has 1 rings (SSSR count). The summed E-state index contributed by atoms with van der Waals surface area (Å²) in [6, 6.07) is 2.38. The van der Waals surface area contributed by atoms with Crippen LogP contribution in [-0.2, 0) is 16.6 Å². The summed E-state index contributed by atoms with van der Waals surface area (Å²) in [5.41, 5.74) is -0.241. The molecular weight excluding hydrogens is 192 g/mol. The van der Waals surface area contributed by atoms with Gasteiger partial charge in [-0.25, -0.2) is 13.6 Å². The second-order valence-corrected chi connectivity index (χ2v) is 4.10. The van der Waals surface area contributed by atoms with E-state index in [1.54, 1.807) is 6.92 Å². The first-order valence-electron chi connectivity index (χ1n) is 3.68. The summed E-state index contributed by atoms with van der Waals surface area (Å²) in [6.07, 6.45) is 1.23. The molecule has 0 amide bonds. The lowest BCUT2D eigenvalue weighted by molar-refractivity contribution is 0.595. The summed E-state index contributed by atoms with van der Waals surface area (Å²) in [5.74, 6) is 0. The van der Waals surface area contributed by atoms with Crippen LogP contribution in [0.3, 0.4) is 0 Å². The third-order valence-electron chi connectivity index (χ3n) is 1.63. The molecule has 0 unspecified atom stereocenters. The first-order chi connectivity index (χ1) is 5.95. The van der Waals surface area contributed by atoms with Gasteiger partial charge in [-0.3, -0.25) is 4.79 Å². The van der Waals surface area contributed by atoms with Gasteiger partial charge in [0.15, 0.2) is 0 Å². The first kappa shape index (κ1) is 9.94. The number of rotatable bonds is 2. The van der Waals surface area contributed by atoms with Crippen LogP contribution in [0.4, 0.5) is 0 Å². The van der Waals surface area contributed by atoms with Crippen molar-refractivity contribution in [3.05, 3.63) is 28.7 Å². The van der Waals surface area contributed by atoms with E-state index in [-0.39, 0.29) is 10.5 Å². The lowest BCUT2D eigenvalue weighted by Crippen LogP contribution is -2.21. The Morgan fingerprint density at radius 3 is 2.54 bits per heavy atom. The van der Waals surface area contributed by atoms with E-state index in [0.717, 1.165) is 0 Å². The molecule has 0 aromatic carbocycles. The number of nitrogens with zero attached hydrogens (tertiary/aromatic N) is 1.